The summed E-state index contributed by atoms with van der Waals surface area (Å²) in [5.41, 5.74) is 2.46. The summed E-state index contributed by atoms with van der Waals surface area (Å²) in [5.74, 6) is 2.31. The van der Waals surface area contributed by atoms with Crippen molar-refractivity contribution in [3.05, 3.63) is 59.7 Å². The number of hydrogen-bond donors (Lipinski definition) is 0. The van der Waals surface area contributed by atoms with Gasteiger partial charge in [-0.3, -0.25) is 0 Å². The van der Waals surface area contributed by atoms with E-state index < -0.39 is 0 Å². The van der Waals surface area contributed by atoms with E-state index in [-0.39, 0.29) is 6.10 Å². The van der Waals surface area contributed by atoms with Crippen molar-refractivity contribution >= 4 is 22.6 Å². The lowest BCUT2D eigenvalue weighted by atomic mass is 9.88. The van der Waals surface area contributed by atoms with Crippen molar-refractivity contribution in [3.63, 3.8) is 0 Å². The molecule has 1 saturated heterocycles. The largest absolute Gasteiger partial charge is 0.457 e. The molecule has 3 atom stereocenters. The van der Waals surface area contributed by atoms with Crippen LogP contribution < -0.4 is 4.74 Å². The number of rotatable bonds is 1. The van der Waals surface area contributed by atoms with Gasteiger partial charge in [0.05, 0.1) is 12.2 Å². The van der Waals surface area contributed by atoms with E-state index in [1.807, 2.05) is 18.2 Å². The average Bonchev–Trinajstić information content (AvgIpc) is 2.87. The lowest BCUT2D eigenvalue weighted by Crippen LogP contribution is -2.07. The molecule has 0 aliphatic carbocycles. The number of fused-ring (bicyclic) bond motifs is 5. The second-order valence-corrected chi connectivity index (χ2v) is 6.23. The van der Waals surface area contributed by atoms with Gasteiger partial charge in [-0.05, 0) is 18.6 Å². The molecule has 2 aliphatic rings. The van der Waals surface area contributed by atoms with E-state index in [1.165, 1.54) is 11.1 Å². The molecule has 2 aromatic rings. The smallest absolute Gasteiger partial charge is 0.133 e. The molecule has 2 aliphatic heterocycles. The Morgan fingerprint density at radius 1 is 0.950 bits per heavy atom. The second-order valence-electron chi connectivity index (χ2n) is 5.35. The van der Waals surface area contributed by atoms with Crippen LogP contribution in [0.2, 0.25) is 0 Å². The molecule has 0 aromatic heterocycles. The molecule has 3 heteroatoms. The summed E-state index contributed by atoms with van der Waals surface area (Å²) in [6.07, 6.45) is 1.53. The normalized spacial score (nSPS) is 26.9. The summed E-state index contributed by atoms with van der Waals surface area (Å²) in [4.78, 5) is 0. The zero-order chi connectivity index (χ0) is 13.5. The zero-order valence-corrected chi connectivity index (χ0v) is 13.1. The molecule has 0 amide bonds. The van der Waals surface area contributed by atoms with Crippen molar-refractivity contribution in [1.82, 2.24) is 0 Å². The monoisotopic (exact) mass is 378 g/mol. The van der Waals surface area contributed by atoms with E-state index in [2.05, 4.69) is 52.9 Å². The fraction of sp³-hybridized carbons (Fsp3) is 0.294. The number of alkyl halides is 1. The first-order valence-electron chi connectivity index (χ1n) is 6.94. The Bertz CT molecular complexity index is 587. The highest BCUT2D eigenvalue weighted by Crippen LogP contribution is 2.52. The summed E-state index contributed by atoms with van der Waals surface area (Å²) >= 11 is 2.42. The third-order valence-corrected chi connectivity index (χ3v) is 5.14. The van der Waals surface area contributed by atoms with E-state index >= 15 is 0 Å². The van der Waals surface area contributed by atoms with Crippen molar-refractivity contribution in [2.45, 2.75) is 24.5 Å². The number of benzene rings is 2. The van der Waals surface area contributed by atoms with Crippen LogP contribution in [0.1, 0.15) is 29.6 Å². The quantitative estimate of drug-likeness (QED) is 0.522. The SMILES string of the molecule is IC[C@H]1C[C@@H]2c3ccccc3Oc3ccccc3[C@H]2O1. The molecule has 4 rings (SSSR count). The Morgan fingerprint density at radius 2 is 1.60 bits per heavy atom. The highest BCUT2D eigenvalue weighted by Gasteiger charge is 2.41. The maximum absolute atomic E-state index is 6.29. The molecule has 2 aromatic carbocycles. The van der Waals surface area contributed by atoms with Crippen molar-refractivity contribution in [2.24, 2.45) is 0 Å². The van der Waals surface area contributed by atoms with E-state index in [9.17, 15) is 0 Å². The molecule has 0 N–H and O–H groups in total. The first-order chi connectivity index (χ1) is 9.86. The van der Waals surface area contributed by atoms with Crippen LogP contribution >= 0.6 is 22.6 Å². The Labute approximate surface area is 132 Å². The van der Waals surface area contributed by atoms with Crippen LogP contribution in [-0.2, 0) is 4.74 Å². The molecule has 0 saturated carbocycles. The van der Waals surface area contributed by atoms with Crippen molar-refractivity contribution in [1.29, 1.82) is 0 Å². The van der Waals surface area contributed by atoms with Gasteiger partial charge in [-0.15, -0.1) is 0 Å². The van der Waals surface area contributed by atoms with Crippen LogP contribution in [-0.4, -0.2) is 10.5 Å². The van der Waals surface area contributed by atoms with Crippen molar-refractivity contribution in [3.8, 4) is 11.5 Å². The van der Waals surface area contributed by atoms with Gasteiger partial charge in [0.25, 0.3) is 0 Å². The standard InChI is InChI=1S/C17H15IO2/c18-10-11-9-14-12-5-1-3-7-15(12)20-16-8-4-2-6-13(16)17(14)19-11/h1-8,11,14,17H,9-10H2/t11-,14-,17-/m1/s1. The van der Waals surface area contributed by atoms with E-state index in [0.717, 1.165) is 22.3 Å². The lowest BCUT2D eigenvalue weighted by Gasteiger charge is -2.17. The van der Waals surface area contributed by atoms with Crippen LogP contribution in [0.15, 0.2) is 48.5 Å². The minimum atomic E-state index is 0.120. The van der Waals surface area contributed by atoms with E-state index in [1.54, 1.807) is 0 Å². The zero-order valence-electron chi connectivity index (χ0n) is 11.0. The van der Waals surface area contributed by atoms with Gasteiger partial charge < -0.3 is 9.47 Å². The number of ether oxygens (including phenoxy) is 2. The molecule has 2 heterocycles. The maximum atomic E-state index is 6.29. The molecule has 0 bridgehead atoms. The highest BCUT2D eigenvalue weighted by molar-refractivity contribution is 14.1. The molecular formula is C17H15IO2. The summed E-state index contributed by atoms with van der Waals surface area (Å²) in [6, 6.07) is 16.6. The number of halogens is 1. The predicted octanol–water partition coefficient (Wildman–Crippen LogP) is 4.84. The topological polar surface area (TPSA) is 18.5 Å². The Hall–Kier alpha value is -1.07. The van der Waals surface area contributed by atoms with Gasteiger partial charge in [0.1, 0.15) is 11.5 Å². The highest BCUT2D eigenvalue weighted by atomic mass is 127. The van der Waals surface area contributed by atoms with Gasteiger partial charge in [-0.2, -0.15) is 0 Å². The lowest BCUT2D eigenvalue weighted by molar-refractivity contribution is 0.0549. The van der Waals surface area contributed by atoms with Gasteiger partial charge in [-0.1, -0.05) is 59.0 Å². The Morgan fingerprint density at radius 3 is 2.35 bits per heavy atom. The minimum Gasteiger partial charge on any atom is -0.457 e. The fourth-order valence-corrected chi connectivity index (χ4v) is 3.82. The van der Waals surface area contributed by atoms with Crippen molar-refractivity contribution < 1.29 is 9.47 Å². The van der Waals surface area contributed by atoms with Crippen LogP contribution in [0.5, 0.6) is 11.5 Å². The second kappa shape index (κ2) is 5.04. The molecule has 0 unspecified atom stereocenters. The average molecular weight is 378 g/mol. The Kier molecular flexibility index (Phi) is 3.19. The molecule has 0 spiro atoms. The van der Waals surface area contributed by atoms with Crippen LogP contribution in [0.25, 0.3) is 0 Å². The molecule has 0 radical (unpaired) electrons. The molecule has 2 nitrogen and oxygen atoms in total. The van der Waals surface area contributed by atoms with E-state index in [4.69, 9.17) is 9.47 Å². The van der Waals surface area contributed by atoms with Crippen LogP contribution in [0.4, 0.5) is 0 Å². The predicted molar refractivity (Wildman–Crippen MR) is 86.8 cm³/mol. The number of para-hydroxylation sites is 2. The van der Waals surface area contributed by atoms with Gasteiger partial charge in [0.2, 0.25) is 0 Å². The van der Waals surface area contributed by atoms with Crippen molar-refractivity contribution in [2.75, 3.05) is 4.43 Å². The Balaban J connectivity index is 1.89. The fourth-order valence-electron chi connectivity index (χ4n) is 3.25. The number of hydrogen-bond acceptors (Lipinski definition) is 2. The van der Waals surface area contributed by atoms with Gasteiger partial charge in [0, 0.05) is 21.5 Å². The summed E-state index contributed by atoms with van der Waals surface area (Å²) in [6.45, 7) is 0. The third-order valence-electron chi connectivity index (χ3n) is 4.16. The van der Waals surface area contributed by atoms with E-state index in [0.29, 0.717) is 12.0 Å². The first-order valence-corrected chi connectivity index (χ1v) is 8.46. The summed E-state index contributed by atoms with van der Waals surface area (Å²) < 4.78 is 13.5. The summed E-state index contributed by atoms with van der Waals surface area (Å²) in [5, 5.41) is 0. The van der Waals surface area contributed by atoms with Gasteiger partial charge >= 0.3 is 0 Å². The molecule has 20 heavy (non-hydrogen) atoms. The molecule has 102 valence electrons. The third kappa shape index (κ3) is 1.95. The summed E-state index contributed by atoms with van der Waals surface area (Å²) in [7, 11) is 0. The molecule has 1 fully saturated rings. The molecular weight excluding hydrogens is 363 g/mol. The van der Waals surface area contributed by atoms with Crippen LogP contribution in [0.3, 0.4) is 0 Å². The van der Waals surface area contributed by atoms with Gasteiger partial charge in [0.15, 0.2) is 0 Å². The van der Waals surface area contributed by atoms with Crippen LogP contribution in [0, 0.1) is 0 Å². The maximum Gasteiger partial charge on any atom is 0.133 e. The first kappa shape index (κ1) is 12.7. The van der Waals surface area contributed by atoms with Gasteiger partial charge in [-0.25, -0.2) is 0 Å². The minimum absolute atomic E-state index is 0.120.